The molecule has 2 aliphatic heterocycles. The molecule has 0 aromatic rings. The minimum absolute atomic E-state index is 0. The van der Waals surface area contributed by atoms with Gasteiger partial charge in [-0.15, -0.1) is 12.4 Å². The number of hydrogen-bond donors (Lipinski definition) is 2. The zero-order valence-corrected chi connectivity index (χ0v) is 11.1. The topological polar surface area (TPSA) is 50.4 Å². The second kappa shape index (κ2) is 6.12. The molecule has 2 N–H and O–H groups in total. The van der Waals surface area contributed by atoms with E-state index in [0.29, 0.717) is 6.61 Å². The van der Waals surface area contributed by atoms with E-state index in [1.807, 2.05) is 6.92 Å². The van der Waals surface area contributed by atoms with Crippen LogP contribution in [0.3, 0.4) is 0 Å². The minimum atomic E-state index is -2.77. The Balaban J connectivity index is 0.00000162. The number of alkyl halides is 2. The number of rotatable bonds is 3. The van der Waals surface area contributed by atoms with Gasteiger partial charge in [0.1, 0.15) is 0 Å². The second-order valence-corrected chi connectivity index (χ2v) is 4.84. The summed E-state index contributed by atoms with van der Waals surface area (Å²) in [6, 6.07) is -0.908. The molecular formula is C11H19ClF2N2O2. The van der Waals surface area contributed by atoms with E-state index < -0.39 is 24.9 Å². The lowest BCUT2D eigenvalue weighted by Crippen LogP contribution is -2.48. The first-order chi connectivity index (χ1) is 7.98. The molecule has 2 fully saturated rings. The Morgan fingerprint density at radius 2 is 2.28 bits per heavy atom. The Hall–Kier alpha value is -0.460. The number of halogens is 3. The molecule has 1 amide bonds. The molecule has 3 unspecified atom stereocenters. The minimum Gasteiger partial charge on any atom is -0.376 e. The van der Waals surface area contributed by atoms with Crippen LogP contribution in [0.2, 0.25) is 0 Å². The highest BCUT2D eigenvalue weighted by Gasteiger charge is 2.42. The van der Waals surface area contributed by atoms with Crippen molar-refractivity contribution in [1.29, 1.82) is 0 Å². The predicted molar refractivity (Wildman–Crippen MR) is 65.2 cm³/mol. The summed E-state index contributed by atoms with van der Waals surface area (Å²) >= 11 is 0. The molecular weight excluding hydrogens is 266 g/mol. The Morgan fingerprint density at radius 3 is 2.78 bits per heavy atom. The molecule has 0 aromatic heterocycles. The first-order valence-electron chi connectivity index (χ1n) is 6.01. The smallest absolute Gasteiger partial charge is 0.262 e. The lowest BCUT2D eigenvalue weighted by Gasteiger charge is -2.21. The molecule has 0 bridgehead atoms. The van der Waals surface area contributed by atoms with E-state index in [2.05, 4.69) is 10.6 Å². The molecule has 0 aliphatic carbocycles. The zero-order chi connectivity index (χ0) is 12.5. The molecule has 18 heavy (non-hydrogen) atoms. The molecule has 0 spiro atoms. The summed E-state index contributed by atoms with van der Waals surface area (Å²) in [4.78, 5) is 11.7. The quantitative estimate of drug-likeness (QED) is 0.816. The third-order valence-electron chi connectivity index (χ3n) is 3.32. The average molecular weight is 285 g/mol. The van der Waals surface area contributed by atoms with Gasteiger partial charge in [0, 0.05) is 13.0 Å². The number of amides is 1. The van der Waals surface area contributed by atoms with Crippen molar-refractivity contribution in [3.63, 3.8) is 0 Å². The number of ether oxygens (including phenoxy) is 1. The molecule has 0 aromatic carbocycles. The van der Waals surface area contributed by atoms with Crippen LogP contribution in [-0.2, 0) is 9.53 Å². The summed E-state index contributed by atoms with van der Waals surface area (Å²) in [6.45, 7) is 2.14. The average Bonchev–Trinajstić information content (AvgIpc) is 2.86. The van der Waals surface area contributed by atoms with Crippen LogP contribution >= 0.6 is 12.4 Å². The van der Waals surface area contributed by atoms with E-state index in [9.17, 15) is 13.6 Å². The molecule has 2 saturated heterocycles. The van der Waals surface area contributed by atoms with Crippen molar-refractivity contribution in [2.45, 2.75) is 50.3 Å². The van der Waals surface area contributed by atoms with Gasteiger partial charge in [-0.2, -0.15) is 0 Å². The number of hydrogen-bond acceptors (Lipinski definition) is 3. The highest BCUT2D eigenvalue weighted by atomic mass is 35.5. The molecule has 106 valence electrons. The summed E-state index contributed by atoms with van der Waals surface area (Å²) in [7, 11) is 0. The van der Waals surface area contributed by atoms with E-state index in [4.69, 9.17) is 4.74 Å². The van der Waals surface area contributed by atoms with Gasteiger partial charge in [-0.05, 0) is 19.8 Å². The van der Waals surface area contributed by atoms with E-state index in [1.165, 1.54) is 0 Å². The summed E-state index contributed by atoms with van der Waals surface area (Å²) in [5.74, 6) is -3.13. The van der Waals surface area contributed by atoms with E-state index in [-0.39, 0.29) is 30.5 Å². The molecule has 2 rings (SSSR count). The monoisotopic (exact) mass is 284 g/mol. The fraction of sp³-hybridized carbons (Fsp3) is 0.909. The van der Waals surface area contributed by atoms with Gasteiger partial charge < -0.3 is 10.1 Å². The Labute approximate surface area is 111 Å². The van der Waals surface area contributed by atoms with Crippen molar-refractivity contribution in [1.82, 2.24) is 10.6 Å². The van der Waals surface area contributed by atoms with Crippen molar-refractivity contribution in [2.24, 2.45) is 0 Å². The van der Waals surface area contributed by atoms with Crippen LogP contribution in [0.4, 0.5) is 8.78 Å². The maximum absolute atomic E-state index is 12.9. The lowest BCUT2D eigenvalue weighted by molar-refractivity contribution is -0.124. The molecule has 7 heteroatoms. The first kappa shape index (κ1) is 15.6. The standard InChI is InChI=1S/C11H18F2N2O2.ClH/c1-7(9-3-2-4-17-9)15-10(16)8-5-11(12,13)6-14-8;/h7-9,14H,2-6H2,1H3,(H,15,16);1H. The summed E-state index contributed by atoms with van der Waals surface area (Å²) in [5.41, 5.74) is 0. The van der Waals surface area contributed by atoms with Crippen LogP contribution in [0.25, 0.3) is 0 Å². The van der Waals surface area contributed by atoms with Gasteiger partial charge in [-0.3, -0.25) is 10.1 Å². The first-order valence-corrected chi connectivity index (χ1v) is 6.01. The molecule has 2 aliphatic rings. The predicted octanol–water partition coefficient (Wildman–Crippen LogP) is 1.09. The number of carbonyl (C=O) groups is 1. The van der Waals surface area contributed by atoms with Gasteiger partial charge in [0.25, 0.3) is 5.92 Å². The number of carbonyl (C=O) groups excluding carboxylic acids is 1. The van der Waals surface area contributed by atoms with Gasteiger partial charge in [0.05, 0.1) is 24.7 Å². The van der Waals surface area contributed by atoms with E-state index in [1.54, 1.807) is 0 Å². The summed E-state index contributed by atoms with van der Waals surface area (Å²) in [5, 5.41) is 5.28. The van der Waals surface area contributed by atoms with E-state index in [0.717, 1.165) is 12.8 Å². The van der Waals surface area contributed by atoms with Crippen LogP contribution < -0.4 is 10.6 Å². The zero-order valence-electron chi connectivity index (χ0n) is 10.2. The van der Waals surface area contributed by atoms with Crippen LogP contribution in [0.5, 0.6) is 0 Å². The van der Waals surface area contributed by atoms with Crippen LogP contribution in [-0.4, -0.2) is 43.2 Å². The molecule has 2 heterocycles. The Bertz CT molecular complexity index is 299. The Morgan fingerprint density at radius 1 is 1.56 bits per heavy atom. The lowest BCUT2D eigenvalue weighted by atomic mass is 10.1. The molecule has 0 radical (unpaired) electrons. The normalized spacial score (nSPS) is 31.7. The third kappa shape index (κ3) is 3.76. The van der Waals surface area contributed by atoms with Crippen molar-refractivity contribution in [2.75, 3.05) is 13.2 Å². The van der Waals surface area contributed by atoms with Gasteiger partial charge in [0.15, 0.2) is 0 Å². The van der Waals surface area contributed by atoms with Crippen molar-refractivity contribution < 1.29 is 18.3 Å². The summed E-state index contributed by atoms with van der Waals surface area (Å²) < 4.78 is 31.3. The van der Waals surface area contributed by atoms with E-state index >= 15 is 0 Å². The van der Waals surface area contributed by atoms with Gasteiger partial charge in [-0.1, -0.05) is 0 Å². The molecule has 4 nitrogen and oxygen atoms in total. The largest absolute Gasteiger partial charge is 0.376 e. The molecule has 3 atom stereocenters. The maximum atomic E-state index is 12.9. The fourth-order valence-corrected chi connectivity index (χ4v) is 2.32. The van der Waals surface area contributed by atoms with Crippen LogP contribution in [0.1, 0.15) is 26.2 Å². The van der Waals surface area contributed by atoms with Gasteiger partial charge >= 0.3 is 0 Å². The summed E-state index contributed by atoms with van der Waals surface area (Å²) in [6.07, 6.45) is 1.50. The van der Waals surface area contributed by atoms with Crippen LogP contribution in [0, 0.1) is 0 Å². The van der Waals surface area contributed by atoms with Crippen molar-refractivity contribution in [3.8, 4) is 0 Å². The third-order valence-corrected chi connectivity index (χ3v) is 3.32. The van der Waals surface area contributed by atoms with Crippen molar-refractivity contribution in [3.05, 3.63) is 0 Å². The highest BCUT2D eigenvalue weighted by Crippen LogP contribution is 2.25. The maximum Gasteiger partial charge on any atom is 0.262 e. The fourth-order valence-electron chi connectivity index (χ4n) is 2.32. The van der Waals surface area contributed by atoms with Crippen molar-refractivity contribution >= 4 is 18.3 Å². The van der Waals surface area contributed by atoms with Crippen LogP contribution in [0.15, 0.2) is 0 Å². The Kier molecular flexibility index (Phi) is 5.31. The van der Waals surface area contributed by atoms with Gasteiger partial charge in [0.2, 0.25) is 5.91 Å². The molecule has 0 saturated carbocycles. The SMILES string of the molecule is CC(NC(=O)C1CC(F)(F)CN1)C1CCCO1.Cl. The number of nitrogens with one attached hydrogen (secondary N) is 2. The van der Waals surface area contributed by atoms with Gasteiger partial charge in [-0.25, -0.2) is 8.78 Å². The second-order valence-electron chi connectivity index (χ2n) is 4.84. The highest BCUT2D eigenvalue weighted by molar-refractivity contribution is 5.85.